The average molecular weight is 303 g/mol. The van der Waals surface area contributed by atoms with E-state index in [0.717, 1.165) is 45.3 Å². The molecule has 2 heterocycles. The molecule has 0 atom stereocenters. The lowest BCUT2D eigenvalue weighted by Crippen LogP contribution is -2.43. The number of benzene rings is 1. The van der Waals surface area contributed by atoms with Crippen LogP contribution in [0.4, 0.5) is 5.69 Å². The first-order valence-electron chi connectivity index (χ1n) is 8.72. The van der Waals surface area contributed by atoms with Crippen LogP contribution in [0, 0.1) is 5.92 Å². The summed E-state index contributed by atoms with van der Waals surface area (Å²) in [5, 5.41) is 3.47. The van der Waals surface area contributed by atoms with Crippen LogP contribution >= 0.6 is 0 Å². The van der Waals surface area contributed by atoms with E-state index in [1.54, 1.807) is 0 Å². The van der Waals surface area contributed by atoms with Gasteiger partial charge in [-0.3, -0.25) is 4.90 Å². The van der Waals surface area contributed by atoms with Crippen molar-refractivity contribution in [1.82, 2.24) is 10.2 Å². The Kier molecular flexibility index (Phi) is 6.11. The van der Waals surface area contributed by atoms with Crippen molar-refractivity contribution in [2.45, 2.75) is 12.8 Å². The average Bonchev–Trinajstić information content (AvgIpc) is 2.61. The summed E-state index contributed by atoms with van der Waals surface area (Å²) in [6, 6.07) is 10.9. The van der Waals surface area contributed by atoms with Gasteiger partial charge in [-0.05, 0) is 44.0 Å². The molecule has 1 aromatic rings. The van der Waals surface area contributed by atoms with E-state index in [-0.39, 0.29) is 0 Å². The van der Waals surface area contributed by atoms with Gasteiger partial charge in [0.05, 0.1) is 13.2 Å². The molecule has 122 valence electrons. The van der Waals surface area contributed by atoms with Gasteiger partial charge in [-0.2, -0.15) is 0 Å². The second-order valence-electron chi connectivity index (χ2n) is 6.43. The number of hydrogen-bond acceptors (Lipinski definition) is 4. The second kappa shape index (κ2) is 8.51. The summed E-state index contributed by atoms with van der Waals surface area (Å²) in [7, 11) is 0. The lowest BCUT2D eigenvalue weighted by atomic mass is 9.97. The number of nitrogens with one attached hydrogen (secondary N) is 1. The molecule has 0 aliphatic carbocycles. The normalized spacial score (nSPS) is 20.9. The van der Waals surface area contributed by atoms with E-state index in [1.165, 1.54) is 38.2 Å². The van der Waals surface area contributed by atoms with Crippen molar-refractivity contribution in [3.63, 3.8) is 0 Å². The Hall–Kier alpha value is -1.10. The molecule has 22 heavy (non-hydrogen) atoms. The number of piperidine rings is 1. The molecule has 4 nitrogen and oxygen atoms in total. The Labute approximate surface area is 134 Å². The van der Waals surface area contributed by atoms with Crippen LogP contribution in [-0.2, 0) is 4.74 Å². The van der Waals surface area contributed by atoms with Crippen LogP contribution in [-0.4, -0.2) is 63.9 Å². The van der Waals surface area contributed by atoms with Crippen LogP contribution in [0.3, 0.4) is 0 Å². The van der Waals surface area contributed by atoms with Gasteiger partial charge in [0.25, 0.3) is 0 Å². The van der Waals surface area contributed by atoms with Gasteiger partial charge < -0.3 is 15.0 Å². The second-order valence-corrected chi connectivity index (χ2v) is 6.43. The van der Waals surface area contributed by atoms with Gasteiger partial charge in [0.1, 0.15) is 0 Å². The van der Waals surface area contributed by atoms with Crippen LogP contribution in [0.2, 0.25) is 0 Å². The minimum absolute atomic E-state index is 0.825. The SMILES string of the molecule is c1ccc(N(CCN2CCOCC2)CC2CCNCC2)cc1. The van der Waals surface area contributed by atoms with Gasteiger partial charge in [0.15, 0.2) is 0 Å². The number of hydrogen-bond donors (Lipinski definition) is 1. The Morgan fingerprint density at radius 3 is 2.55 bits per heavy atom. The highest BCUT2D eigenvalue weighted by Crippen LogP contribution is 2.19. The number of rotatable bonds is 6. The molecule has 0 unspecified atom stereocenters. The van der Waals surface area contributed by atoms with Crippen molar-refractivity contribution in [2.75, 3.05) is 63.9 Å². The third-order valence-corrected chi connectivity index (χ3v) is 4.85. The fourth-order valence-electron chi connectivity index (χ4n) is 3.43. The van der Waals surface area contributed by atoms with E-state index in [9.17, 15) is 0 Å². The minimum atomic E-state index is 0.825. The van der Waals surface area contributed by atoms with Gasteiger partial charge in [-0.1, -0.05) is 18.2 Å². The van der Waals surface area contributed by atoms with Crippen LogP contribution in [0.1, 0.15) is 12.8 Å². The highest BCUT2D eigenvalue weighted by Gasteiger charge is 2.18. The van der Waals surface area contributed by atoms with Gasteiger partial charge in [0, 0.05) is 38.4 Å². The first-order valence-corrected chi connectivity index (χ1v) is 8.72. The van der Waals surface area contributed by atoms with Crippen molar-refractivity contribution in [1.29, 1.82) is 0 Å². The molecule has 2 aliphatic heterocycles. The summed E-state index contributed by atoms with van der Waals surface area (Å²) in [5.74, 6) is 0.825. The van der Waals surface area contributed by atoms with Crippen molar-refractivity contribution >= 4 is 5.69 Å². The molecule has 1 aromatic carbocycles. The van der Waals surface area contributed by atoms with E-state index < -0.39 is 0 Å². The maximum absolute atomic E-state index is 5.45. The molecule has 2 fully saturated rings. The quantitative estimate of drug-likeness (QED) is 0.868. The first-order chi connectivity index (χ1) is 10.9. The molecule has 3 rings (SSSR count). The van der Waals surface area contributed by atoms with Crippen molar-refractivity contribution in [3.05, 3.63) is 30.3 Å². The Morgan fingerprint density at radius 2 is 1.82 bits per heavy atom. The zero-order valence-corrected chi connectivity index (χ0v) is 13.5. The predicted octanol–water partition coefficient (Wildman–Crippen LogP) is 1.82. The maximum Gasteiger partial charge on any atom is 0.0594 e. The van der Waals surface area contributed by atoms with Crippen molar-refractivity contribution in [3.8, 4) is 0 Å². The Balaban J connectivity index is 1.57. The summed E-state index contributed by atoms with van der Waals surface area (Å²) in [6.45, 7) is 9.74. The lowest BCUT2D eigenvalue weighted by Gasteiger charge is -2.34. The van der Waals surface area contributed by atoms with E-state index in [4.69, 9.17) is 4.74 Å². The molecular weight excluding hydrogens is 274 g/mol. The predicted molar refractivity (Wildman–Crippen MR) is 91.5 cm³/mol. The standard InChI is InChI=1S/C18H29N3O/c1-2-4-18(5-3-1)21(16-17-6-8-19-9-7-17)11-10-20-12-14-22-15-13-20/h1-5,17,19H,6-16H2. The zero-order valence-electron chi connectivity index (χ0n) is 13.5. The lowest BCUT2D eigenvalue weighted by molar-refractivity contribution is 0.0391. The van der Waals surface area contributed by atoms with E-state index in [2.05, 4.69) is 45.4 Å². The highest BCUT2D eigenvalue weighted by molar-refractivity contribution is 5.46. The largest absolute Gasteiger partial charge is 0.379 e. The molecular formula is C18H29N3O. The molecule has 0 bridgehead atoms. The summed E-state index contributed by atoms with van der Waals surface area (Å²) in [6.07, 6.45) is 2.61. The Morgan fingerprint density at radius 1 is 1.09 bits per heavy atom. The molecule has 0 saturated carbocycles. The molecule has 0 radical (unpaired) electrons. The third-order valence-electron chi connectivity index (χ3n) is 4.85. The number of ether oxygens (including phenoxy) is 1. The molecule has 0 aromatic heterocycles. The van der Waals surface area contributed by atoms with Crippen molar-refractivity contribution in [2.24, 2.45) is 5.92 Å². The molecule has 2 aliphatic rings. The smallest absolute Gasteiger partial charge is 0.0594 e. The molecule has 2 saturated heterocycles. The number of morpholine rings is 1. The van der Waals surface area contributed by atoms with Crippen LogP contribution < -0.4 is 10.2 Å². The molecule has 0 amide bonds. The Bertz CT molecular complexity index is 414. The summed E-state index contributed by atoms with van der Waals surface area (Å²) in [4.78, 5) is 5.12. The van der Waals surface area contributed by atoms with Gasteiger partial charge >= 0.3 is 0 Å². The number of para-hydroxylation sites is 1. The summed E-state index contributed by atoms with van der Waals surface area (Å²) in [5.41, 5.74) is 1.37. The molecule has 4 heteroatoms. The summed E-state index contributed by atoms with van der Waals surface area (Å²) < 4.78 is 5.45. The van der Waals surface area contributed by atoms with Crippen LogP contribution in [0.5, 0.6) is 0 Å². The minimum Gasteiger partial charge on any atom is -0.379 e. The van der Waals surface area contributed by atoms with E-state index >= 15 is 0 Å². The van der Waals surface area contributed by atoms with Gasteiger partial charge in [-0.25, -0.2) is 0 Å². The fourth-order valence-corrected chi connectivity index (χ4v) is 3.43. The number of anilines is 1. The van der Waals surface area contributed by atoms with E-state index in [0.29, 0.717) is 0 Å². The maximum atomic E-state index is 5.45. The van der Waals surface area contributed by atoms with Crippen LogP contribution in [0.15, 0.2) is 30.3 Å². The topological polar surface area (TPSA) is 27.7 Å². The van der Waals surface area contributed by atoms with Gasteiger partial charge in [0.2, 0.25) is 0 Å². The monoisotopic (exact) mass is 303 g/mol. The fraction of sp³-hybridized carbons (Fsp3) is 0.667. The number of nitrogens with zero attached hydrogens (tertiary/aromatic N) is 2. The summed E-state index contributed by atoms with van der Waals surface area (Å²) >= 11 is 0. The van der Waals surface area contributed by atoms with Crippen LogP contribution in [0.25, 0.3) is 0 Å². The molecule has 0 spiro atoms. The zero-order chi connectivity index (χ0) is 15.0. The third kappa shape index (κ3) is 4.70. The van der Waals surface area contributed by atoms with Crippen molar-refractivity contribution < 1.29 is 4.74 Å². The molecule has 1 N–H and O–H groups in total. The van der Waals surface area contributed by atoms with E-state index in [1.807, 2.05) is 0 Å². The highest BCUT2D eigenvalue weighted by atomic mass is 16.5. The first kappa shape index (κ1) is 15.8. The van der Waals surface area contributed by atoms with Gasteiger partial charge in [-0.15, -0.1) is 0 Å².